The van der Waals surface area contributed by atoms with E-state index in [0.29, 0.717) is 17.4 Å². The Morgan fingerprint density at radius 2 is 1.93 bits per heavy atom. The van der Waals surface area contributed by atoms with Gasteiger partial charge in [0.2, 0.25) is 0 Å². The van der Waals surface area contributed by atoms with Crippen LogP contribution in [0.3, 0.4) is 0 Å². The van der Waals surface area contributed by atoms with Crippen molar-refractivity contribution < 1.29 is 4.79 Å². The van der Waals surface area contributed by atoms with E-state index < -0.39 is 0 Å². The van der Waals surface area contributed by atoms with Crippen molar-refractivity contribution in [1.29, 1.82) is 0 Å². The third-order valence-corrected chi connectivity index (χ3v) is 5.49. The largest absolute Gasteiger partial charge is 0.382 e. The van der Waals surface area contributed by atoms with Gasteiger partial charge >= 0.3 is 0 Å². The first-order valence-electron chi connectivity index (χ1n) is 9.82. The number of benzene rings is 1. The molecule has 0 radical (unpaired) electrons. The maximum atomic E-state index is 12.2. The zero-order chi connectivity index (χ0) is 19.9. The van der Waals surface area contributed by atoms with Crippen LogP contribution < -0.4 is 16.0 Å². The molecular weight excluding hydrogens is 370 g/mol. The summed E-state index contributed by atoms with van der Waals surface area (Å²) in [4.78, 5) is 20.9. The van der Waals surface area contributed by atoms with Gasteiger partial charge in [0.05, 0.1) is 27.0 Å². The summed E-state index contributed by atoms with van der Waals surface area (Å²) >= 11 is 1.61. The first kappa shape index (κ1) is 20.1. The Labute approximate surface area is 169 Å². The van der Waals surface area contributed by atoms with Crippen molar-refractivity contribution >= 4 is 44.7 Å². The van der Waals surface area contributed by atoms with Crippen LogP contribution in [0, 0.1) is 0 Å². The number of aromatic nitrogens is 2. The average Bonchev–Trinajstić information content (AvgIpc) is 3.40. The Morgan fingerprint density at radius 3 is 2.68 bits per heavy atom. The van der Waals surface area contributed by atoms with E-state index in [1.54, 1.807) is 24.6 Å². The lowest BCUT2D eigenvalue weighted by atomic mass is 10.1. The predicted octanol–water partition coefficient (Wildman–Crippen LogP) is 5.18. The molecule has 0 spiro atoms. The molecule has 7 heteroatoms. The van der Waals surface area contributed by atoms with Gasteiger partial charge in [-0.3, -0.25) is 4.79 Å². The molecule has 0 aliphatic heterocycles. The predicted molar refractivity (Wildman–Crippen MR) is 118 cm³/mol. The quantitative estimate of drug-likeness (QED) is 0.553. The van der Waals surface area contributed by atoms with Crippen molar-refractivity contribution in [2.24, 2.45) is 0 Å². The molecular formula is C21H27N5OS. The van der Waals surface area contributed by atoms with Crippen LogP contribution in [0.1, 0.15) is 49.9 Å². The van der Waals surface area contributed by atoms with Gasteiger partial charge in [0, 0.05) is 31.0 Å². The molecule has 0 unspecified atom stereocenters. The maximum Gasteiger partial charge on any atom is 0.254 e. The topological polar surface area (TPSA) is 78.9 Å². The van der Waals surface area contributed by atoms with E-state index in [-0.39, 0.29) is 5.91 Å². The van der Waals surface area contributed by atoms with Crippen molar-refractivity contribution in [3.63, 3.8) is 0 Å². The molecule has 2 heterocycles. The first-order valence-corrected chi connectivity index (χ1v) is 10.7. The molecule has 3 N–H and O–H groups in total. The van der Waals surface area contributed by atoms with Crippen LogP contribution in [0.2, 0.25) is 0 Å². The highest BCUT2D eigenvalue weighted by molar-refractivity contribution is 7.16. The number of carbonyl (C=O) groups is 1. The number of carbonyl (C=O) groups excluding carboxylic acids is 1. The van der Waals surface area contributed by atoms with E-state index in [0.717, 1.165) is 34.4 Å². The zero-order valence-electron chi connectivity index (χ0n) is 16.6. The Bertz CT molecular complexity index is 933. The molecule has 1 aliphatic carbocycles. The second-order valence-electron chi connectivity index (χ2n) is 6.48. The molecule has 1 aliphatic rings. The summed E-state index contributed by atoms with van der Waals surface area (Å²) in [6, 6.07) is 8.37. The molecule has 1 saturated carbocycles. The van der Waals surface area contributed by atoms with Gasteiger partial charge in [-0.25, -0.2) is 9.97 Å². The molecule has 1 amide bonds. The Morgan fingerprint density at radius 1 is 1.14 bits per heavy atom. The summed E-state index contributed by atoms with van der Waals surface area (Å²) in [7, 11) is 1.64. The molecule has 1 aromatic carbocycles. The minimum absolute atomic E-state index is 0.129. The number of hydrogen-bond acceptors (Lipinski definition) is 6. The van der Waals surface area contributed by atoms with E-state index in [9.17, 15) is 4.79 Å². The molecule has 4 rings (SSSR count). The number of rotatable bonds is 5. The van der Waals surface area contributed by atoms with Crippen LogP contribution >= 0.6 is 11.3 Å². The molecule has 1 fully saturated rings. The number of nitrogens with zero attached hydrogens (tertiary/aromatic N) is 2. The molecule has 2 aromatic heterocycles. The van der Waals surface area contributed by atoms with Gasteiger partial charge in [0.25, 0.3) is 5.91 Å². The SMILES string of the molecule is CC.CNC(=O)c1cnc(Nc2ccc3ncsc3c2)cc1NC1CCCC1. The highest BCUT2D eigenvalue weighted by atomic mass is 32.1. The van der Waals surface area contributed by atoms with E-state index in [4.69, 9.17) is 0 Å². The van der Waals surface area contributed by atoms with Gasteiger partial charge in [-0.2, -0.15) is 0 Å². The lowest BCUT2D eigenvalue weighted by Crippen LogP contribution is -2.23. The molecule has 0 bridgehead atoms. The minimum atomic E-state index is -0.129. The molecule has 148 valence electrons. The number of nitrogens with one attached hydrogen (secondary N) is 3. The number of amides is 1. The summed E-state index contributed by atoms with van der Waals surface area (Å²) in [5.41, 5.74) is 5.19. The second-order valence-corrected chi connectivity index (χ2v) is 7.37. The van der Waals surface area contributed by atoms with Crippen LogP contribution in [0.25, 0.3) is 10.2 Å². The lowest BCUT2D eigenvalue weighted by Gasteiger charge is -2.17. The van der Waals surface area contributed by atoms with Gasteiger partial charge < -0.3 is 16.0 Å². The zero-order valence-corrected chi connectivity index (χ0v) is 17.4. The van der Waals surface area contributed by atoms with Gasteiger partial charge in [0.15, 0.2) is 0 Å². The Balaban J connectivity index is 0.00000109. The van der Waals surface area contributed by atoms with Crippen LogP contribution in [0.4, 0.5) is 17.2 Å². The first-order chi connectivity index (χ1) is 13.7. The van der Waals surface area contributed by atoms with Gasteiger partial charge in [0.1, 0.15) is 5.82 Å². The molecule has 6 nitrogen and oxygen atoms in total. The molecule has 28 heavy (non-hydrogen) atoms. The van der Waals surface area contributed by atoms with Crippen molar-refractivity contribution in [1.82, 2.24) is 15.3 Å². The number of anilines is 3. The van der Waals surface area contributed by atoms with Gasteiger partial charge in [-0.05, 0) is 31.0 Å². The normalized spacial score (nSPS) is 13.7. The van der Waals surface area contributed by atoms with E-state index >= 15 is 0 Å². The highest BCUT2D eigenvalue weighted by Gasteiger charge is 2.19. The number of pyridine rings is 1. The summed E-state index contributed by atoms with van der Waals surface area (Å²) in [6.07, 6.45) is 6.38. The maximum absolute atomic E-state index is 12.2. The monoisotopic (exact) mass is 397 g/mol. The minimum Gasteiger partial charge on any atom is -0.382 e. The van der Waals surface area contributed by atoms with E-state index in [2.05, 4.69) is 32.0 Å². The third kappa shape index (κ3) is 4.59. The van der Waals surface area contributed by atoms with Crippen molar-refractivity contribution in [2.75, 3.05) is 17.7 Å². The summed E-state index contributed by atoms with van der Waals surface area (Å²) < 4.78 is 1.13. The summed E-state index contributed by atoms with van der Waals surface area (Å²) in [6.45, 7) is 4.00. The smallest absolute Gasteiger partial charge is 0.254 e. The van der Waals surface area contributed by atoms with Crippen molar-refractivity contribution in [2.45, 2.75) is 45.6 Å². The third-order valence-electron chi connectivity index (χ3n) is 4.69. The average molecular weight is 398 g/mol. The Kier molecular flexibility index (Phi) is 6.81. The lowest BCUT2D eigenvalue weighted by molar-refractivity contribution is 0.0963. The fourth-order valence-electron chi connectivity index (χ4n) is 3.33. The molecule has 3 aromatic rings. The van der Waals surface area contributed by atoms with E-state index in [1.807, 2.05) is 37.6 Å². The van der Waals surface area contributed by atoms with Crippen LogP contribution in [0.15, 0.2) is 36.0 Å². The fourth-order valence-corrected chi connectivity index (χ4v) is 4.05. The van der Waals surface area contributed by atoms with Gasteiger partial charge in [-0.1, -0.05) is 26.7 Å². The van der Waals surface area contributed by atoms with Crippen molar-refractivity contribution in [3.8, 4) is 0 Å². The molecule has 0 atom stereocenters. The van der Waals surface area contributed by atoms with E-state index in [1.165, 1.54) is 12.8 Å². The Hall–Kier alpha value is -2.67. The number of thiazole rings is 1. The highest BCUT2D eigenvalue weighted by Crippen LogP contribution is 2.28. The van der Waals surface area contributed by atoms with Crippen LogP contribution in [-0.4, -0.2) is 29.0 Å². The number of fused-ring (bicyclic) bond motifs is 1. The fraction of sp³-hybridized carbons (Fsp3) is 0.381. The van der Waals surface area contributed by atoms with Crippen LogP contribution in [0.5, 0.6) is 0 Å². The standard InChI is InChI=1S/C19H21N5OS.C2H6/c1-20-19(25)14-10-21-18(9-16(14)23-12-4-2-3-5-12)24-13-6-7-15-17(8-13)26-11-22-15;1-2/h6-12H,2-5H2,1H3,(H,20,25)(H2,21,23,24);1-2H3. The molecule has 0 saturated heterocycles. The summed E-state index contributed by atoms with van der Waals surface area (Å²) in [5, 5.41) is 9.55. The van der Waals surface area contributed by atoms with Crippen molar-refractivity contribution in [3.05, 3.63) is 41.5 Å². The van der Waals surface area contributed by atoms with Crippen LogP contribution in [-0.2, 0) is 0 Å². The second kappa shape index (κ2) is 9.50. The van der Waals surface area contributed by atoms with Gasteiger partial charge in [-0.15, -0.1) is 11.3 Å². The summed E-state index contributed by atoms with van der Waals surface area (Å²) in [5.74, 6) is 0.581. The number of hydrogen-bond donors (Lipinski definition) is 3.